The zero-order chi connectivity index (χ0) is 23.5. The molecule has 0 saturated heterocycles. The lowest BCUT2D eigenvalue weighted by atomic mass is 10.0. The smallest absolute Gasteiger partial charge is 0.240 e. The largest absolute Gasteiger partial charge is 0.493 e. The average Bonchev–Trinajstić information content (AvgIpc) is 3.14. The third-order valence-corrected chi connectivity index (χ3v) is 6.11. The molecule has 2 aromatic carbocycles. The molecular weight excluding hydrogens is 424 g/mol. The normalized spacial score (nSPS) is 16.5. The van der Waals surface area contributed by atoms with E-state index in [1.54, 1.807) is 40.7 Å². The third-order valence-electron chi connectivity index (χ3n) is 6.11. The number of fused-ring (bicyclic) bond motifs is 2. The van der Waals surface area contributed by atoms with Crippen LogP contribution in [0, 0.1) is 0 Å². The second-order valence-electron chi connectivity index (χ2n) is 7.98. The Morgan fingerprint density at radius 3 is 2.21 bits per heavy atom. The van der Waals surface area contributed by atoms with Crippen molar-refractivity contribution in [1.82, 2.24) is 10.2 Å². The van der Waals surface area contributed by atoms with Crippen molar-refractivity contribution < 1.29 is 28.5 Å². The summed E-state index contributed by atoms with van der Waals surface area (Å²) in [7, 11) is 6.32. The summed E-state index contributed by atoms with van der Waals surface area (Å²) in [6, 6.07) is 7.38. The van der Waals surface area contributed by atoms with Gasteiger partial charge in [0.2, 0.25) is 11.8 Å². The van der Waals surface area contributed by atoms with Gasteiger partial charge in [-0.05, 0) is 65.4 Å². The highest BCUT2D eigenvalue weighted by molar-refractivity contribution is 5.89. The van der Waals surface area contributed by atoms with Crippen LogP contribution in [0.5, 0.6) is 23.0 Å². The Bertz CT molecular complexity index is 1110. The number of hydrogen-bond acceptors (Lipinski definition) is 6. The lowest BCUT2D eigenvalue weighted by molar-refractivity contribution is -0.133. The van der Waals surface area contributed by atoms with Gasteiger partial charge in [-0.25, -0.2) is 0 Å². The van der Waals surface area contributed by atoms with Gasteiger partial charge in [0, 0.05) is 6.20 Å². The first-order chi connectivity index (χ1) is 16.0. The van der Waals surface area contributed by atoms with Crippen molar-refractivity contribution in [2.75, 3.05) is 35.0 Å². The van der Waals surface area contributed by atoms with Crippen molar-refractivity contribution >= 4 is 17.9 Å². The van der Waals surface area contributed by atoms with Crippen molar-refractivity contribution in [1.29, 1.82) is 0 Å². The van der Waals surface area contributed by atoms with Crippen molar-refractivity contribution in [3.63, 3.8) is 0 Å². The lowest BCUT2D eigenvalue weighted by Gasteiger charge is -2.20. The molecule has 1 aliphatic carbocycles. The van der Waals surface area contributed by atoms with E-state index in [1.165, 1.54) is 4.90 Å². The molecule has 1 unspecified atom stereocenters. The van der Waals surface area contributed by atoms with Gasteiger partial charge in [0.1, 0.15) is 6.54 Å². The summed E-state index contributed by atoms with van der Waals surface area (Å²) in [5, 5.41) is 3.07. The molecule has 2 amide bonds. The Morgan fingerprint density at radius 2 is 1.55 bits per heavy atom. The molecule has 2 aliphatic rings. The lowest BCUT2D eigenvalue weighted by Crippen LogP contribution is -2.39. The molecule has 174 valence electrons. The highest BCUT2D eigenvalue weighted by atomic mass is 16.5. The summed E-state index contributed by atoms with van der Waals surface area (Å²) in [4.78, 5) is 27.1. The SMILES string of the molecule is COc1cc2c(cc1OC)CC(=O)N(CC(=O)NC1CCc3cc(OC)c(OC)cc31)C=C2. The number of methoxy groups -OCH3 is 4. The van der Waals surface area contributed by atoms with Crippen LogP contribution in [0.25, 0.3) is 6.08 Å². The minimum absolute atomic E-state index is 0.0588. The molecule has 0 spiro atoms. The number of amides is 2. The standard InChI is InChI=1S/C25H28N2O6/c1-30-20-9-15-7-8-27(25(29)12-17(15)11-22(20)32-3)14-24(28)26-19-6-5-16-10-21(31-2)23(33-4)13-18(16)19/h7-11,13,19H,5-6,12,14H2,1-4H3,(H,26,28). The summed E-state index contributed by atoms with van der Waals surface area (Å²) < 4.78 is 21.5. The van der Waals surface area contributed by atoms with Crippen molar-refractivity contribution in [2.45, 2.75) is 25.3 Å². The van der Waals surface area contributed by atoms with Crippen LogP contribution < -0.4 is 24.3 Å². The topological polar surface area (TPSA) is 86.3 Å². The molecule has 0 aromatic heterocycles. The number of carbonyl (C=O) groups excluding carboxylic acids is 2. The van der Waals surface area contributed by atoms with Crippen LogP contribution in [0.2, 0.25) is 0 Å². The van der Waals surface area contributed by atoms with E-state index in [4.69, 9.17) is 18.9 Å². The van der Waals surface area contributed by atoms with E-state index in [1.807, 2.05) is 24.3 Å². The molecule has 0 fully saturated rings. The minimum Gasteiger partial charge on any atom is -0.493 e. The maximum atomic E-state index is 12.9. The van der Waals surface area contributed by atoms with Crippen LogP contribution in [0.4, 0.5) is 0 Å². The van der Waals surface area contributed by atoms with Crippen LogP contribution in [0.1, 0.15) is 34.7 Å². The van der Waals surface area contributed by atoms with Gasteiger partial charge in [0.25, 0.3) is 0 Å². The fraction of sp³-hybridized carbons (Fsp3) is 0.360. The van der Waals surface area contributed by atoms with Gasteiger partial charge in [0.05, 0.1) is 40.9 Å². The molecule has 1 N–H and O–H groups in total. The van der Waals surface area contributed by atoms with Crippen LogP contribution in [0.3, 0.4) is 0 Å². The molecule has 4 rings (SSSR count). The Kier molecular flexibility index (Phi) is 6.44. The van der Waals surface area contributed by atoms with Crippen LogP contribution in [-0.2, 0) is 22.4 Å². The number of carbonyl (C=O) groups is 2. The zero-order valence-electron chi connectivity index (χ0n) is 19.3. The molecule has 33 heavy (non-hydrogen) atoms. The summed E-state index contributed by atoms with van der Waals surface area (Å²) in [6.45, 7) is -0.0588. The average molecular weight is 453 g/mol. The summed E-state index contributed by atoms with van der Waals surface area (Å²) in [5.41, 5.74) is 3.82. The van der Waals surface area contributed by atoms with Crippen LogP contribution in [-0.4, -0.2) is 51.7 Å². The van der Waals surface area contributed by atoms with Gasteiger partial charge >= 0.3 is 0 Å². The second-order valence-corrected chi connectivity index (χ2v) is 7.98. The molecule has 8 nitrogen and oxygen atoms in total. The zero-order valence-corrected chi connectivity index (χ0v) is 19.3. The first kappa shape index (κ1) is 22.5. The molecule has 1 atom stereocenters. The predicted molar refractivity (Wildman–Crippen MR) is 123 cm³/mol. The number of rotatable bonds is 7. The van der Waals surface area contributed by atoms with Crippen LogP contribution in [0.15, 0.2) is 30.5 Å². The quantitative estimate of drug-likeness (QED) is 0.695. The van der Waals surface area contributed by atoms with Crippen molar-refractivity contribution in [3.05, 3.63) is 52.7 Å². The number of nitrogens with zero attached hydrogens (tertiary/aromatic N) is 1. The molecule has 8 heteroatoms. The van der Waals surface area contributed by atoms with E-state index in [0.29, 0.717) is 23.0 Å². The van der Waals surface area contributed by atoms with Gasteiger partial charge in [-0.1, -0.05) is 0 Å². The molecule has 1 heterocycles. The van der Waals surface area contributed by atoms with E-state index in [-0.39, 0.29) is 30.8 Å². The maximum absolute atomic E-state index is 12.9. The Labute approximate surface area is 193 Å². The Morgan fingerprint density at radius 1 is 0.939 bits per heavy atom. The van der Waals surface area contributed by atoms with Gasteiger partial charge in [-0.2, -0.15) is 0 Å². The number of aryl methyl sites for hydroxylation is 1. The number of hydrogen-bond donors (Lipinski definition) is 1. The van der Waals surface area contributed by atoms with Gasteiger partial charge in [-0.3, -0.25) is 9.59 Å². The van der Waals surface area contributed by atoms with E-state index in [2.05, 4.69) is 5.32 Å². The Hall–Kier alpha value is -3.68. The summed E-state index contributed by atoms with van der Waals surface area (Å²) in [6.07, 6.45) is 5.25. The van der Waals surface area contributed by atoms with Crippen molar-refractivity contribution in [2.24, 2.45) is 0 Å². The minimum atomic E-state index is -0.221. The van der Waals surface area contributed by atoms with E-state index in [9.17, 15) is 9.59 Å². The first-order valence-electron chi connectivity index (χ1n) is 10.7. The van der Waals surface area contributed by atoms with Gasteiger partial charge < -0.3 is 29.2 Å². The Balaban J connectivity index is 1.46. The molecule has 2 aromatic rings. The molecular formula is C25H28N2O6. The summed E-state index contributed by atoms with van der Waals surface area (Å²) in [5.74, 6) is 2.08. The van der Waals surface area contributed by atoms with E-state index < -0.39 is 0 Å². The summed E-state index contributed by atoms with van der Waals surface area (Å²) >= 11 is 0. The van der Waals surface area contributed by atoms with Gasteiger partial charge in [-0.15, -0.1) is 0 Å². The van der Waals surface area contributed by atoms with E-state index >= 15 is 0 Å². The van der Waals surface area contributed by atoms with Crippen LogP contribution >= 0.6 is 0 Å². The fourth-order valence-electron chi connectivity index (χ4n) is 4.38. The van der Waals surface area contributed by atoms with E-state index in [0.717, 1.165) is 35.1 Å². The highest BCUT2D eigenvalue weighted by Gasteiger charge is 2.28. The number of nitrogens with one attached hydrogen (secondary N) is 1. The molecule has 0 saturated carbocycles. The number of benzene rings is 2. The first-order valence-corrected chi connectivity index (χ1v) is 10.7. The predicted octanol–water partition coefficient (Wildman–Crippen LogP) is 2.88. The second kappa shape index (κ2) is 9.44. The maximum Gasteiger partial charge on any atom is 0.240 e. The van der Waals surface area contributed by atoms with Gasteiger partial charge in [0.15, 0.2) is 23.0 Å². The molecule has 0 bridgehead atoms. The van der Waals surface area contributed by atoms with Crippen molar-refractivity contribution in [3.8, 4) is 23.0 Å². The highest BCUT2D eigenvalue weighted by Crippen LogP contribution is 2.39. The molecule has 1 aliphatic heterocycles. The third kappa shape index (κ3) is 4.46. The monoisotopic (exact) mass is 452 g/mol. The molecule has 0 radical (unpaired) electrons. The number of ether oxygens (including phenoxy) is 4. The fourth-order valence-corrected chi connectivity index (χ4v) is 4.38.